The van der Waals surface area contributed by atoms with Crippen LogP contribution in [0.4, 0.5) is 0 Å². The molecule has 0 atom stereocenters. The number of hydrogen-bond donors (Lipinski definition) is 0. The Hall–Kier alpha value is -3.39. The highest BCUT2D eigenvalue weighted by molar-refractivity contribution is 6.14. The van der Waals surface area contributed by atoms with Crippen molar-refractivity contribution in [2.45, 2.75) is 26.2 Å². The van der Waals surface area contributed by atoms with E-state index in [-0.39, 0.29) is 5.41 Å². The number of rotatable bonds is 1. The molecule has 140 valence electrons. The van der Waals surface area contributed by atoms with Gasteiger partial charge in [-0.1, -0.05) is 68.4 Å². The molecule has 1 aliphatic rings. The Labute approximate surface area is 170 Å². The van der Waals surface area contributed by atoms with Gasteiger partial charge in [-0.05, 0) is 52.9 Å². The topological polar surface area (TPSA) is 17.8 Å². The predicted octanol–water partition coefficient (Wildman–Crippen LogP) is 6.79. The van der Waals surface area contributed by atoms with E-state index >= 15 is 0 Å². The van der Waals surface area contributed by atoms with Crippen molar-refractivity contribution in [2.75, 3.05) is 0 Å². The Kier molecular flexibility index (Phi) is 3.18. The minimum Gasteiger partial charge on any atom is -0.293 e. The first-order valence-corrected chi connectivity index (χ1v) is 10.2. The summed E-state index contributed by atoms with van der Waals surface area (Å²) in [6, 6.07) is 26.1. The Morgan fingerprint density at radius 1 is 0.828 bits per heavy atom. The first-order valence-electron chi connectivity index (χ1n) is 10.2. The summed E-state index contributed by atoms with van der Waals surface area (Å²) in [6.45, 7) is 6.95. The van der Waals surface area contributed by atoms with Crippen LogP contribution in [0, 0.1) is 6.92 Å². The SMILES string of the molecule is Cc1cc2c(c3c1c1ccccc1n3-c1ccccn1)C(C)(C)c1ccccc1-2. The molecular weight excluding hydrogens is 352 g/mol. The van der Waals surface area contributed by atoms with Crippen molar-refractivity contribution in [1.29, 1.82) is 0 Å². The molecule has 0 saturated carbocycles. The van der Waals surface area contributed by atoms with Crippen molar-refractivity contribution >= 4 is 21.8 Å². The zero-order valence-corrected chi connectivity index (χ0v) is 16.9. The molecular formula is C27H22N2. The van der Waals surface area contributed by atoms with Gasteiger partial charge in [0.2, 0.25) is 0 Å². The normalized spacial score (nSPS) is 14.3. The molecule has 0 spiro atoms. The molecule has 0 aliphatic heterocycles. The van der Waals surface area contributed by atoms with Gasteiger partial charge in [0.15, 0.2) is 0 Å². The Morgan fingerprint density at radius 3 is 2.41 bits per heavy atom. The van der Waals surface area contributed by atoms with Crippen molar-refractivity contribution in [3.63, 3.8) is 0 Å². The molecule has 29 heavy (non-hydrogen) atoms. The molecule has 2 heteroatoms. The van der Waals surface area contributed by atoms with Gasteiger partial charge in [0.25, 0.3) is 0 Å². The monoisotopic (exact) mass is 374 g/mol. The van der Waals surface area contributed by atoms with E-state index in [1.807, 2.05) is 12.3 Å². The van der Waals surface area contributed by atoms with Crippen LogP contribution in [0.2, 0.25) is 0 Å². The maximum Gasteiger partial charge on any atom is 0.137 e. The average molecular weight is 374 g/mol. The summed E-state index contributed by atoms with van der Waals surface area (Å²) in [5, 5.41) is 2.63. The lowest BCUT2D eigenvalue weighted by atomic mass is 9.81. The summed E-state index contributed by atoms with van der Waals surface area (Å²) in [4.78, 5) is 4.74. The summed E-state index contributed by atoms with van der Waals surface area (Å²) >= 11 is 0. The van der Waals surface area contributed by atoms with Crippen molar-refractivity contribution in [3.8, 4) is 16.9 Å². The van der Waals surface area contributed by atoms with Crippen molar-refractivity contribution in [3.05, 3.63) is 95.7 Å². The van der Waals surface area contributed by atoms with Crippen LogP contribution in [-0.4, -0.2) is 9.55 Å². The molecule has 0 radical (unpaired) electrons. The Morgan fingerprint density at radius 2 is 1.59 bits per heavy atom. The summed E-state index contributed by atoms with van der Waals surface area (Å²) < 4.78 is 2.37. The molecule has 0 fully saturated rings. The van der Waals surface area contributed by atoms with Gasteiger partial charge in [-0.15, -0.1) is 0 Å². The number of aryl methyl sites for hydroxylation is 1. The van der Waals surface area contributed by atoms with Crippen LogP contribution in [-0.2, 0) is 5.41 Å². The second-order valence-corrected chi connectivity index (χ2v) is 8.55. The standard InChI is InChI=1S/C27H22N2/c1-17-16-20-18-10-4-6-12-21(18)27(2,3)25(20)26-24(17)19-11-5-7-13-22(19)29(26)23-14-8-9-15-28-23/h4-16H,1-3H3. The van der Waals surface area contributed by atoms with Gasteiger partial charge in [0.05, 0.1) is 11.0 Å². The van der Waals surface area contributed by atoms with E-state index in [1.165, 1.54) is 49.6 Å². The average Bonchev–Trinajstić information content (AvgIpc) is 3.19. The molecule has 2 aromatic heterocycles. The van der Waals surface area contributed by atoms with Gasteiger partial charge in [-0.3, -0.25) is 4.57 Å². The summed E-state index contributed by atoms with van der Waals surface area (Å²) in [5.41, 5.74) is 9.27. The van der Waals surface area contributed by atoms with Crippen molar-refractivity contribution < 1.29 is 0 Å². The number of fused-ring (bicyclic) bond motifs is 7. The highest BCUT2D eigenvalue weighted by atomic mass is 15.1. The fourth-order valence-electron chi connectivity index (χ4n) is 5.33. The zero-order chi connectivity index (χ0) is 19.8. The maximum absolute atomic E-state index is 4.74. The fraction of sp³-hybridized carbons (Fsp3) is 0.148. The van der Waals surface area contributed by atoms with E-state index in [0.29, 0.717) is 0 Å². The fourth-order valence-corrected chi connectivity index (χ4v) is 5.33. The van der Waals surface area contributed by atoms with Gasteiger partial charge < -0.3 is 0 Å². The molecule has 5 aromatic rings. The maximum atomic E-state index is 4.74. The first-order chi connectivity index (χ1) is 14.1. The lowest BCUT2D eigenvalue weighted by Crippen LogP contribution is -2.16. The predicted molar refractivity (Wildman–Crippen MR) is 121 cm³/mol. The van der Waals surface area contributed by atoms with E-state index < -0.39 is 0 Å². The van der Waals surface area contributed by atoms with E-state index in [2.05, 4.69) is 92.1 Å². The molecule has 3 aromatic carbocycles. The number of hydrogen-bond acceptors (Lipinski definition) is 1. The van der Waals surface area contributed by atoms with E-state index in [0.717, 1.165) is 5.82 Å². The van der Waals surface area contributed by atoms with Gasteiger partial charge >= 0.3 is 0 Å². The minimum absolute atomic E-state index is 0.0707. The lowest BCUT2D eigenvalue weighted by Gasteiger charge is -2.24. The largest absolute Gasteiger partial charge is 0.293 e. The van der Waals surface area contributed by atoms with Crippen LogP contribution in [0.25, 0.3) is 38.8 Å². The smallest absolute Gasteiger partial charge is 0.137 e. The summed E-state index contributed by atoms with van der Waals surface area (Å²) in [6.07, 6.45) is 1.88. The number of aromatic nitrogens is 2. The number of nitrogens with zero attached hydrogens (tertiary/aromatic N) is 2. The Balaban J connectivity index is 1.90. The number of pyridine rings is 1. The van der Waals surface area contributed by atoms with Crippen LogP contribution in [0.5, 0.6) is 0 Å². The molecule has 0 unspecified atom stereocenters. The third-order valence-corrected chi connectivity index (χ3v) is 6.53. The van der Waals surface area contributed by atoms with Gasteiger partial charge in [0, 0.05) is 22.4 Å². The molecule has 0 saturated heterocycles. The van der Waals surface area contributed by atoms with Crippen molar-refractivity contribution in [1.82, 2.24) is 9.55 Å². The highest BCUT2D eigenvalue weighted by Gasteiger charge is 2.38. The highest BCUT2D eigenvalue weighted by Crippen LogP contribution is 2.53. The molecule has 0 N–H and O–H groups in total. The molecule has 0 bridgehead atoms. The minimum atomic E-state index is -0.0707. The quantitative estimate of drug-likeness (QED) is 0.316. The second kappa shape index (κ2) is 5.57. The lowest BCUT2D eigenvalue weighted by molar-refractivity contribution is 0.663. The third-order valence-electron chi connectivity index (χ3n) is 6.53. The summed E-state index contributed by atoms with van der Waals surface area (Å²) in [7, 11) is 0. The van der Waals surface area contributed by atoms with E-state index in [9.17, 15) is 0 Å². The second-order valence-electron chi connectivity index (χ2n) is 8.55. The van der Waals surface area contributed by atoms with Gasteiger partial charge in [0.1, 0.15) is 5.82 Å². The molecule has 1 aliphatic carbocycles. The van der Waals surface area contributed by atoms with Crippen LogP contribution in [0.1, 0.15) is 30.5 Å². The van der Waals surface area contributed by atoms with Crippen LogP contribution in [0.3, 0.4) is 0 Å². The molecule has 2 heterocycles. The first kappa shape index (κ1) is 16.6. The summed E-state index contributed by atoms with van der Waals surface area (Å²) in [5.74, 6) is 0.971. The Bertz CT molecular complexity index is 1420. The molecule has 6 rings (SSSR count). The van der Waals surface area contributed by atoms with Crippen molar-refractivity contribution in [2.24, 2.45) is 0 Å². The van der Waals surface area contributed by atoms with Crippen LogP contribution in [0.15, 0.2) is 79.0 Å². The van der Waals surface area contributed by atoms with Crippen LogP contribution < -0.4 is 0 Å². The molecule has 0 amide bonds. The zero-order valence-electron chi connectivity index (χ0n) is 16.9. The van der Waals surface area contributed by atoms with Gasteiger partial charge in [-0.2, -0.15) is 0 Å². The number of para-hydroxylation sites is 1. The van der Waals surface area contributed by atoms with Gasteiger partial charge in [-0.25, -0.2) is 4.98 Å². The van der Waals surface area contributed by atoms with E-state index in [1.54, 1.807) is 0 Å². The van der Waals surface area contributed by atoms with E-state index in [4.69, 9.17) is 4.98 Å². The number of benzene rings is 3. The third kappa shape index (κ3) is 2.04. The molecule has 2 nitrogen and oxygen atoms in total. The van der Waals surface area contributed by atoms with Crippen LogP contribution >= 0.6 is 0 Å².